The Labute approximate surface area is 89.9 Å². The summed E-state index contributed by atoms with van der Waals surface area (Å²) < 4.78 is 5.41. The van der Waals surface area contributed by atoms with E-state index >= 15 is 0 Å². The van der Waals surface area contributed by atoms with Crippen molar-refractivity contribution in [2.24, 2.45) is 11.7 Å². The lowest BCUT2D eigenvalue weighted by Crippen LogP contribution is -2.28. The van der Waals surface area contributed by atoms with Gasteiger partial charge >= 0.3 is 0 Å². The van der Waals surface area contributed by atoms with Crippen LogP contribution in [0.1, 0.15) is 24.4 Å². The molecule has 3 heteroatoms. The molecule has 0 amide bonds. The van der Waals surface area contributed by atoms with Crippen LogP contribution in [0.5, 0.6) is 5.75 Å². The van der Waals surface area contributed by atoms with Crippen LogP contribution in [0.4, 0.5) is 0 Å². The van der Waals surface area contributed by atoms with Crippen molar-refractivity contribution >= 4 is 0 Å². The summed E-state index contributed by atoms with van der Waals surface area (Å²) >= 11 is 0. The molecule has 1 aromatic carbocycles. The van der Waals surface area contributed by atoms with Crippen LogP contribution in [0.15, 0.2) is 24.3 Å². The molecule has 1 saturated heterocycles. The number of hydrogen-bond acceptors (Lipinski definition) is 3. The minimum absolute atomic E-state index is 0.0302. The van der Waals surface area contributed by atoms with Gasteiger partial charge in [0.2, 0.25) is 0 Å². The zero-order valence-corrected chi connectivity index (χ0v) is 8.73. The molecule has 1 aromatic rings. The summed E-state index contributed by atoms with van der Waals surface area (Å²) in [6, 6.07) is 7.15. The summed E-state index contributed by atoms with van der Waals surface area (Å²) in [7, 11) is 0. The largest absolute Gasteiger partial charge is 0.508 e. The molecule has 3 N–H and O–H groups in total. The number of ether oxygens (including phenoxy) is 1. The summed E-state index contributed by atoms with van der Waals surface area (Å²) in [6.45, 7) is 1.58. The van der Waals surface area contributed by atoms with Crippen LogP contribution in [-0.2, 0) is 4.74 Å². The van der Waals surface area contributed by atoms with Gasteiger partial charge in [-0.15, -0.1) is 0 Å². The Morgan fingerprint density at radius 1 is 1.47 bits per heavy atom. The van der Waals surface area contributed by atoms with Gasteiger partial charge in [0.1, 0.15) is 5.75 Å². The van der Waals surface area contributed by atoms with Crippen molar-refractivity contribution in [1.29, 1.82) is 0 Å². The number of aromatic hydroxyl groups is 1. The van der Waals surface area contributed by atoms with Gasteiger partial charge < -0.3 is 15.6 Å². The molecule has 2 unspecified atom stereocenters. The molecule has 0 radical (unpaired) electrons. The van der Waals surface area contributed by atoms with E-state index in [0.29, 0.717) is 5.92 Å². The molecule has 3 nitrogen and oxygen atoms in total. The quantitative estimate of drug-likeness (QED) is 0.777. The van der Waals surface area contributed by atoms with Crippen LogP contribution in [0, 0.1) is 5.92 Å². The number of nitrogens with two attached hydrogens (primary N) is 1. The lowest BCUT2D eigenvalue weighted by Gasteiger charge is -2.27. The summed E-state index contributed by atoms with van der Waals surface area (Å²) in [4.78, 5) is 0. The second kappa shape index (κ2) is 4.64. The molecule has 2 rings (SSSR count). The average molecular weight is 207 g/mol. The maximum Gasteiger partial charge on any atom is 0.115 e. The SMILES string of the molecule is NC(c1cccc(O)c1)C1CCCOC1. The fourth-order valence-electron chi connectivity index (χ4n) is 2.05. The molecule has 82 valence electrons. The molecule has 1 heterocycles. The number of rotatable bonds is 2. The van der Waals surface area contributed by atoms with Crippen LogP contribution < -0.4 is 5.73 Å². The third kappa shape index (κ3) is 2.49. The molecular formula is C12H17NO2. The summed E-state index contributed by atoms with van der Waals surface area (Å²) in [5.74, 6) is 0.653. The van der Waals surface area contributed by atoms with Gasteiger partial charge in [-0.2, -0.15) is 0 Å². The van der Waals surface area contributed by atoms with Crippen LogP contribution in [0.25, 0.3) is 0 Å². The van der Waals surface area contributed by atoms with E-state index in [9.17, 15) is 5.11 Å². The van der Waals surface area contributed by atoms with Gasteiger partial charge in [0.05, 0.1) is 6.61 Å². The highest BCUT2D eigenvalue weighted by Gasteiger charge is 2.22. The molecular weight excluding hydrogens is 190 g/mol. The van der Waals surface area contributed by atoms with Crippen molar-refractivity contribution in [1.82, 2.24) is 0 Å². The van der Waals surface area contributed by atoms with E-state index in [-0.39, 0.29) is 11.8 Å². The highest BCUT2D eigenvalue weighted by Crippen LogP contribution is 2.28. The maximum absolute atomic E-state index is 9.37. The van der Waals surface area contributed by atoms with E-state index in [4.69, 9.17) is 10.5 Å². The van der Waals surface area contributed by atoms with E-state index in [1.807, 2.05) is 12.1 Å². The first-order chi connectivity index (χ1) is 7.27. The zero-order valence-electron chi connectivity index (χ0n) is 8.73. The number of phenols is 1. The number of hydrogen-bond donors (Lipinski definition) is 2. The smallest absolute Gasteiger partial charge is 0.115 e. The predicted octanol–water partition coefficient (Wildman–Crippen LogP) is 1.82. The summed E-state index contributed by atoms with van der Waals surface area (Å²) in [5, 5.41) is 9.37. The van der Waals surface area contributed by atoms with Gasteiger partial charge in [0, 0.05) is 18.6 Å². The fourth-order valence-corrected chi connectivity index (χ4v) is 2.05. The molecule has 0 aromatic heterocycles. The second-order valence-electron chi connectivity index (χ2n) is 4.10. The fraction of sp³-hybridized carbons (Fsp3) is 0.500. The molecule has 1 aliphatic heterocycles. The van der Waals surface area contributed by atoms with E-state index in [2.05, 4.69) is 0 Å². The van der Waals surface area contributed by atoms with Gasteiger partial charge in [-0.1, -0.05) is 12.1 Å². The van der Waals surface area contributed by atoms with Crippen LogP contribution in [0.3, 0.4) is 0 Å². The first-order valence-electron chi connectivity index (χ1n) is 5.39. The molecule has 1 aliphatic rings. The van der Waals surface area contributed by atoms with Gasteiger partial charge in [-0.3, -0.25) is 0 Å². The molecule has 15 heavy (non-hydrogen) atoms. The van der Waals surface area contributed by atoms with E-state index in [1.165, 1.54) is 0 Å². The average Bonchev–Trinajstić information content (AvgIpc) is 2.29. The van der Waals surface area contributed by atoms with Gasteiger partial charge in [-0.25, -0.2) is 0 Å². The topological polar surface area (TPSA) is 55.5 Å². The number of phenolic OH excluding ortho intramolecular Hbond substituents is 1. The Bertz CT molecular complexity index is 321. The van der Waals surface area contributed by atoms with E-state index < -0.39 is 0 Å². The maximum atomic E-state index is 9.37. The molecule has 0 saturated carbocycles. The summed E-state index contributed by atoms with van der Waals surface area (Å²) in [6.07, 6.45) is 2.19. The second-order valence-corrected chi connectivity index (χ2v) is 4.10. The van der Waals surface area contributed by atoms with E-state index in [0.717, 1.165) is 31.6 Å². The van der Waals surface area contributed by atoms with E-state index in [1.54, 1.807) is 12.1 Å². The molecule has 1 fully saturated rings. The van der Waals surface area contributed by atoms with Crippen molar-refractivity contribution < 1.29 is 9.84 Å². The first kappa shape index (κ1) is 10.5. The van der Waals surface area contributed by atoms with Crippen molar-refractivity contribution in [3.8, 4) is 5.75 Å². The van der Waals surface area contributed by atoms with Gasteiger partial charge in [0.25, 0.3) is 0 Å². The van der Waals surface area contributed by atoms with Crippen LogP contribution in [0.2, 0.25) is 0 Å². The Balaban J connectivity index is 2.08. The van der Waals surface area contributed by atoms with Gasteiger partial charge in [0.15, 0.2) is 0 Å². The molecule has 2 atom stereocenters. The lowest BCUT2D eigenvalue weighted by molar-refractivity contribution is 0.0447. The Kier molecular flexibility index (Phi) is 3.23. The monoisotopic (exact) mass is 207 g/mol. The first-order valence-corrected chi connectivity index (χ1v) is 5.39. The standard InChI is InChI=1S/C12H17NO2/c13-12(10-4-2-6-15-8-10)9-3-1-5-11(14)7-9/h1,3,5,7,10,12,14H,2,4,6,8,13H2. The van der Waals surface area contributed by atoms with Crippen LogP contribution in [-0.4, -0.2) is 18.3 Å². The van der Waals surface area contributed by atoms with Crippen molar-refractivity contribution in [3.63, 3.8) is 0 Å². The normalized spacial score (nSPS) is 23.7. The molecule has 0 bridgehead atoms. The third-order valence-corrected chi connectivity index (χ3v) is 2.96. The third-order valence-electron chi connectivity index (χ3n) is 2.96. The highest BCUT2D eigenvalue weighted by atomic mass is 16.5. The van der Waals surface area contributed by atoms with Crippen molar-refractivity contribution in [2.75, 3.05) is 13.2 Å². The molecule has 0 aliphatic carbocycles. The predicted molar refractivity (Wildman–Crippen MR) is 58.6 cm³/mol. The lowest BCUT2D eigenvalue weighted by atomic mass is 9.89. The summed E-state index contributed by atoms with van der Waals surface area (Å²) in [5.41, 5.74) is 7.14. The Morgan fingerprint density at radius 3 is 3.00 bits per heavy atom. The highest BCUT2D eigenvalue weighted by molar-refractivity contribution is 5.29. The van der Waals surface area contributed by atoms with Gasteiger partial charge in [-0.05, 0) is 30.5 Å². The zero-order chi connectivity index (χ0) is 10.7. The molecule has 0 spiro atoms. The van der Waals surface area contributed by atoms with Crippen LogP contribution >= 0.6 is 0 Å². The van der Waals surface area contributed by atoms with Crippen molar-refractivity contribution in [2.45, 2.75) is 18.9 Å². The van der Waals surface area contributed by atoms with Crippen molar-refractivity contribution in [3.05, 3.63) is 29.8 Å². The number of benzene rings is 1. The Hall–Kier alpha value is -1.06. The Morgan fingerprint density at radius 2 is 2.33 bits per heavy atom. The minimum Gasteiger partial charge on any atom is -0.508 e. The minimum atomic E-state index is -0.0302.